The molecule has 7 nitrogen and oxygen atoms in total. The zero-order valence-corrected chi connectivity index (χ0v) is 13.1. The lowest BCUT2D eigenvalue weighted by Crippen LogP contribution is -2.55. The molecule has 1 aromatic heterocycles. The highest BCUT2D eigenvalue weighted by molar-refractivity contribution is 7.89. The molecule has 0 atom stereocenters. The zero-order valence-electron chi connectivity index (χ0n) is 12.3. The zero-order chi connectivity index (χ0) is 16.4. The number of carboxylic acid groups (broad SMARTS) is 1. The SMILES string of the molecule is CS(=O)(=O)Cc1ccc(C(=O)NC2(C(=O)O)CCCCC2)o1. The lowest BCUT2D eigenvalue weighted by molar-refractivity contribution is -0.145. The van der Waals surface area contributed by atoms with E-state index in [1.54, 1.807) is 0 Å². The molecule has 0 aromatic carbocycles. The third kappa shape index (κ3) is 3.88. The van der Waals surface area contributed by atoms with E-state index < -0.39 is 27.3 Å². The van der Waals surface area contributed by atoms with Gasteiger partial charge in [0.25, 0.3) is 5.91 Å². The molecule has 122 valence electrons. The quantitative estimate of drug-likeness (QED) is 0.842. The van der Waals surface area contributed by atoms with Gasteiger partial charge in [-0.2, -0.15) is 0 Å². The molecule has 1 aliphatic rings. The average molecular weight is 329 g/mol. The van der Waals surface area contributed by atoms with Crippen LogP contribution < -0.4 is 5.32 Å². The Labute approximate surface area is 128 Å². The number of amides is 1. The van der Waals surface area contributed by atoms with Crippen molar-refractivity contribution in [2.75, 3.05) is 6.26 Å². The van der Waals surface area contributed by atoms with Crippen LogP contribution in [0.1, 0.15) is 48.4 Å². The van der Waals surface area contributed by atoms with Crippen molar-refractivity contribution < 1.29 is 27.5 Å². The van der Waals surface area contributed by atoms with Crippen LogP contribution in [0.2, 0.25) is 0 Å². The fourth-order valence-electron chi connectivity index (χ4n) is 2.66. The summed E-state index contributed by atoms with van der Waals surface area (Å²) in [5, 5.41) is 12.0. The molecule has 0 unspecified atom stereocenters. The van der Waals surface area contributed by atoms with Gasteiger partial charge in [0.2, 0.25) is 0 Å². The number of carboxylic acids is 1. The molecule has 0 radical (unpaired) electrons. The monoisotopic (exact) mass is 329 g/mol. The van der Waals surface area contributed by atoms with Crippen LogP contribution in [0.5, 0.6) is 0 Å². The van der Waals surface area contributed by atoms with Gasteiger partial charge in [-0.25, -0.2) is 13.2 Å². The number of hydrogen-bond donors (Lipinski definition) is 2. The lowest BCUT2D eigenvalue weighted by Gasteiger charge is -2.33. The summed E-state index contributed by atoms with van der Waals surface area (Å²) >= 11 is 0. The third-order valence-corrected chi connectivity index (χ3v) is 4.57. The van der Waals surface area contributed by atoms with Gasteiger partial charge in [-0.05, 0) is 25.0 Å². The van der Waals surface area contributed by atoms with E-state index in [0.29, 0.717) is 12.8 Å². The molecule has 8 heteroatoms. The predicted molar refractivity (Wildman–Crippen MR) is 78.2 cm³/mol. The number of nitrogens with one attached hydrogen (secondary N) is 1. The molecule has 2 N–H and O–H groups in total. The van der Waals surface area contributed by atoms with Gasteiger partial charge in [0.15, 0.2) is 15.6 Å². The van der Waals surface area contributed by atoms with Gasteiger partial charge in [0.05, 0.1) is 0 Å². The standard InChI is InChI=1S/C14H19NO6S/c1-22(19,20)9-10-5-6-11(21-10)12(16)15-14(13(17)18)7-3-2-4-8-14/h5-6H,2-4,7-9H2,1H3,(H,15,16)(H,17,18). The Bertz CT molecular complexity index is 669. The molecule has 2 rings (SSSR count). The highest BCUT2D eigenvalue weighted by Crippen LogP contribution is 2.29. The third-order valence-electron chi connectivity index (χ3n) is 3.76. The molecule has 22 heavy (non-hydrogen) atoms. The second kappa shape index (κ2) is 6.12. The van der Waals surface area contributed by atoms with Gasteiger partial charge in [-0.3, -0.25) is 4.79 Å². The van der Waals surface area contributed by atoms with Gasteiger partial charge in [0, 0.05) is 6.26 Å². The molecule has 1 aliphatic carbocycles. The Balaban J connectivity index is 2.12. The molecule has 1 aromatic rings. The summed E-state index contributed by atoms with van der Waals surface area (Å²) < 4.78 is 27.6. The number of aliphatic carboxylic acids is 1. The van der Waals surface area contributed by atoms with E-state index in [1.165, 1.54) is 12.1 Å². The molecule has 0 spiro atoms. The minimum atomic E-state index is -3.26. The molecule has 1 saturated carbocycles. The molecular weight excluding hydrogens is 310 g/mol. The predicted octanol–water partition coefficient (Wildman–Crippen LogP) is 1.34. The van der Waals surface area contributed by atoms with Crippen LogP contribution in [-0.4, -0.2) is 37.2 Å². The minimum Gasteiger partial charge on any atom is -0.480 e. The highest BCUT2D eigenvalue weighted by Gasteiger charge is 2.41. The Morgan fingerprint density at radius 2 is 1.91 bits per heavy atom. The van der Waals surface area contributed by atoms with Gasteiger partial charge in [-0.15, -0.1) is 0 Å². The molecule has 1 fully saturated rings. The topological polar surface area (TPSA) is 114 Å². The Morgan fingerprint density at radius 1 is 1.27 bits per heavy atom. The molecule has 0 saturated heterocycles. The molecule has 1 heterocycles. The van der Waals surface area contributed by atoms with Crippen LogP contribution in [0.15, 0.2) is 16.5 Å². The molecular formula is C14H19NO6S. The van der Waals surface area contributed by atoms with Crippen molar-refractivity contribution in [1.82, 2.24) is 5.32 Å². The first-order valence-corrected chi connectivity index (χ1v) is 9.10. The van der Waals surface area contributed by atoms with Crippen molar-refractivity contribution in [3.8, 4) is 0 Å². The minimum absolute atomic E-state index is 0.0788. The maximum Gasteiger partial charge on any atom is 0.329 e. The summed E-state index contributed by atoms with van der Waals surface area (Å²) in [5.41, 5.74) is -1.26. The summed E-state index contributed by atoms with van der Waals surface area (Å²) in [6.07, 6.45) is 4.25. The Morgan fingerprint density at radius 3 is 2.45 bits per heavy atom. The van der Waals surface area contributed by atoms with E-state index in [-0.39, 0.29) is 17.3 Å². The number of sulfone groups is 1. The van der Waals surface area contributed by atoms with Crippen LogP contribution in [0.3, 0.4) is 0 Å². The maximum atomic E-state index is 12.2. The van der Waals surface area contributed by atoms with Crippen molar-refractivity contribution >= 4 is 21.7 Å². The van der Waals surface area contributed by atoms with Gasteiger partial charge >= 0.3 is 5.97 Å². The first-order chi connectivity index (χ1) is 10.2. The summed E-state index contributed by atoms with van der Waals surface area (Å²) in [6, 6.07) is 2.76. The summed E-state index contributed by atoms with van der Waals surface area (Å²) in [6.45, 7) is 0. The summed E-state index contributed by atoms with van der Waals surface area (Å²) in [4.78, 5) is 23.7. The number of rotatable bonds is 5. The fraction of sp³-hybridized carbons (Fsp3) is 0.571. The van der Waals surface area contributed by atoms with Crippen LogP contribution >= 0.6 is 0 Å². The summed E-state index contributed by atoms with van der Waals surface area (Å²) in [5.74, 6) is -1.91. The van der Waals surface area contributed by atoms with Crippen LogP contribution in [0.4, 0.5) is 0 Å². The van der Waals surface area contributed by atoms with Crippen molar-refractivity contribution in [2.24, 2.45) is 0 Å². The van der Waals surface area contributed by atoms with Crippen LogP contribution in [-0.2, 0) is 20.4 Å². The maximum absolute atomic E-state index is 12.2. The number of furan rings is 1. The average Bonchev–Trinajstić information content (AvgIpc) is 2.86. The van der Waals surface area contributed by atoms with Gasteiger partial charge < -0.3 is 14.8 Å². The molecule has 0 bridgehead atoms. The van der Waals surface area contributed by atoms with E-state index >= 15 is 0 Å². The summed E-state index contributed by atoms with van der Waals surface area (Å²) in [7, 11) is -3.26. The second-order valence-electron chi connectivity index (χ2n) is 5.74. The van der Waals surface area contributed by atoms with Gasteiger partial charge in [0.1, 0.15) is 17.1 Å². The van der Waals surface area contributed by atoms with Crippen molar-refractivity contribution in [3.05, 3.63) is 23.7 Å². The highest BCUT2D eigenvalue weighted by atomic mass is 32.2. The van der Waals surface area contributed by atoms with Crippen molar-refractivity contribution in [2.45, 2.75) is 43.4 Å². The Hall–Kier alpha value is -1.83. The van der Waals surface area contributed by atoms with E-state index in [0.717, 1.165) is 25.5 Å². The lowest BCUT2D eigenvalue weighted by atomic mass is 9.81. The second-order valence-corrected chi connectivity index (χ2v) is 7.88. The van der Waals surface area contributed by atoms with Crippen molar-refractivity contribution in [1.29, 1.82) is 0 Å². The largest absolute Gasteiger partial charge is 0.480 e. The number of carbonyl (C=O) groups is 2. The fourth-order valence-corrected chi connectivity index (χ4v) is 3.33. The smallest absolute Gasteiger partial charge is 0.329 e. The van der Waals surface area contributed by atoms with Crippen LogP contribution in [0.25, 0.3) is 0 Å². The van der Waals surface area contributed by atoms with Crippen molar-refractivity contribution in [3.63, 3.8) is 0 Å². The first-order valence-electron chi connectivity index (χ1n) is 7.04. The Kier molecular flexibility index (Phi) is 4.60. The van der Waals surface area contributed by atoms with E-state index in [4.69, 9.17) is 4.42 Å². The normalized spacial score (nSPS) is 17.9. The van der Waals surface area contributed by atoms with Crippen LogP contribution in [0, 0.1) is 0 Å². The van der Waals surface area contributed by atoms with E-state index in [2.05, 4.69) is 5.32 Å². The number of carbonyl (C=O) groups excluding carboxylic acids is 1. The first kappa shape index (κ1) is 16.5. The van der Waals surface area contributed by atoms with Gasteiger partial charge in [-0.1, -0.05) is 19.3 Å². The van der Waals surface area contributed by atoms with E-state index in [9.17, 15) is 23.1 Å². The molecule has 1 amide bonds. The molecule has 0 aliphatic heterocycles. The number of hydrogen-bond acceptors (Lipinski definition) is 5. The van der Waals surface area contributed by atoms with E-state index in [1.807, 2.05) is 0 Å².